The van der Waals surface area contributed by atoms with E-state index in [9.17, 15) is 0 Å². The largest absolute Gasteiger partial charge is 0.103 e. The molecule has 58 valence electrons. The summed E-state index contributed by atoms with van der Waals surface area (Å²) in [7, 11) is 0. The minimum absolute atomic E-state index is 0.811. The van der Waals surface area contributed by atoms with Crippen LogP contribution in [0.2, 0.25) is 0 Å². The maximum Gasteiger partial charge on any atom is -0.0233 e. The smallest absolute Gasteiger partial charge is 0.0233 e. The van der Waals surface area contributed by atoms with Gasteiger partial charge >= 0.3 is 0 Å². The Morgan fingerprint density at radius 3 is 2.40 bits per heavy atom. The molecule has 1 aliphatic carbocycles. The van der Waals surface area contributed by atoms with Crippen LogP contribution in [-0.2, 0) is 0 Å². The molecule has 0 amide bonds. The maximum atomic E-state index is 3.84. The molecule has 0 heteroatoms. The van der Waals surface area contributed by atoms with Crippen LogP contribution in [-0.4, -0.2) is 0 Å². The third-order valence-electron chi connectivity index (χ3n) is 2.97. The lowest BCUT2D eigenvalue weighted by Crippen LogP contribution is -2.19. The molecule has 0 heterocycles. The third-order valence-corrected chi connectivity index (χ3v) is 2.97. The Morgan fingerprint density at radius 1 is 1.20 bits per heavy atom. The van der Waals surface area contributed by atoms with Gasteiger partial charge in [-0.15, -0.1) is 6.58 Å². The van der Waals surface area contributed by atoms with E-state index < -0.39 is 0 Å². The molecule has 10 heavy (non-hydrogen) atoms. The summed E-state index contributed by atoms with van der Waals surface area (Å²) in [6.07, 6.45) is 6.26. The summed E-state index contributed by atoms with van der Waals surface area (Å²) < 4.78 is 0. The molecule has 0 aromatic carbocycles. The Bertz CT molecular complexity index is 115. The van der Waals surface area contributed by atoms with E-state index in [0.717, 1.165) is 17.8 Å². The van der Waals surface area contributed by atoms with Crippen LogP contribution in [0.5, 0.6) is 0 Å². The van der Waals surface area contributed by atoms with Crippen LogP contribution in [0.15, 0.2) is 12.7 Å². The van der Waals surface area contributed by atoms with E-state index in [1.807, 2.05) is 0 Å². The Balaban J connectivity index is 2.40. The van der Waals surface area contributed by atoms with E-state index >= 15 is 0 Å². The first-order chi connectivity index (χ1) is 4.74. The molecule has 0 nitrogen and oxygen atoms in total. The molecule has 0 radical (unpaired) electrons. The van der Waals surface area contributed by atoms with E-state index in [2.05, 4.69) is 26.5 Å². The second-order valence-electron chi connectivity index (χ2n) is 3.76. The van der Waals surface area contributed by atoms with Crippen molar-refractivity contribution in [3.05, 3.63) is 12.7 Å². The topological polar surface area (TPSA) is 0 Å². The summed E-state index contributed by atoms with van der Waals surface area (Å²) in [5, 5.41) is 0. The number of hydrogen-bond donors (Lipinski definition) is 0. The lowest BCUT2D eigenvalue weighted by molar-refractivity contribution is 0.237. The van der Waals surface area contributed by atoms with Gasteiger partial charge in [0.25, 0.3) is 0 Å². The molecule has 2 unspecified atom stereocenters. The van der Waals surface area contributed by atoms with Gasteiger partial charge in [0, 0.05) is 0 Å². The molecule has 0 aliphatic heterocycles. The maximum absolute atomic E-state index is 3.84. The average Bonchev–Trinajstić information content (AvgIpc) is 1.95. The van der Waals surface area contributed by atoms with Crippen molar-refractivity contribution in [1.29, 1.82) is 0 Å². The zero-order chi connectivity index (χ0) is 7.56. The average molecular weight is 138 g/mol. The summed E-state index contributed by atoms with van der Waals surface area (Å²) in [6, 6.07) is 0. The van der Waals surface area contributed by atoms with Crippen molar-refractivity contribution in [2.24, 2.45) is 17.8 Å². The summed E-state index contributed by atoms with van der Waals surface area (Å²) in [6.45, 7) is 8.57. The molecule has 0 spiro atoms. The standard InChI is InChI=1S/C10H18/c1-4-10-6-5-8(2)9(3)7-10/h4,8-10H,1,5-7H2,2-3H3/t8?,9-,10?/m0/s1. The molecule has 0 saturated heterocycles. The van der Waals surface area contributed by atoms with Crippen LogP contribution < -0.4 is 0 Å². The summed E-state index contributed by atoms with van der Waals surface area (Å²) >= 11 is 0. The highest BCUT2D eigenvalue weighted by Crippen LogP contribution is 2.33. The molecule has 1 fully saturated rings. The van der Waals surface area contributed by atoms with Crippen LogP contribution in [0, 0.1) is 17.8 Å². The van der Waals surface area contributed by atoms with Crippen LogP contribution >= 0.6 is 0 Å². The van der Waals surface area contributed by atoms with Crippen molar-refractivity contribution in [2.45, 2.75) is 33.1 Å². The fourth-order valence-electron chi connectivity index (χ4n) is 1.80. The van der Waals surface area contributed by atoms with E-state index in [1.165, 1.54) is 19.3 Å². The highest BCUT2D eigenvalue weighted by Gasteiger charge is 2.21. The van der Waals surface area contributed by atoms with Crippen molar-refractivity contribution < 1.29 is 0 Å². The van der Waals surface area contributed by atoms with Crippen molar-refractivity contribution in [3.63, 3.8) is 0 Å². The van der Waals surface area contributed by atoms with Crippen LogP contribution in [0.4, 0.5) is 0 Å². The highest BCUT2D eigenvalue weighted by atomic mass is 14.3. The normalized spacial score (nSPS) is 41.2. The number of hydrogen-bond acceptors (Lipinski definition) is 0. The summed E-state index contributed by atoms with van der Waals surface area (Å²) in [4.78, 5) is 0. The fourth-order valence-corrected chi connectivity index (χ4v) is 1.80. The molecular formula is C10H18. The Morgan fingerprint density at radius 2 is 1.90 bits per heavy atom. The zero-order valence-electron chi connectivity index (χ0n) is 7.14. The zero-order valence-corrected chi connectivity index (χ0v) is 7.14. The molecule has 3 atom stereocenters. The molecule has 0 N–H and O–H groups in total. The van der Waals surface area contributed by atoms with Crippen LogP contribution in [0.25, 0.3) is 0 Å². The predicted molar refractivity (Wildman–Crippen MR) is 45.9 cm³/mol. The minimum atomic E-state index is 0.811. The molecule has 1 aliphatic rings. The van der Waals surface area contributed by atoms with Crippen molar-refractivity contribution in [3.8, 4) is 0 Å². The Kier molecular flexibility index (Phi) is 2.53. The van der Waals surface area contributed by atoms with E-state index in [0.29, 0.717) is 0 Å². The molecule has 0 aromatic heterocycles. The van der Waals surface area contributed by atoms with Gasteiger partial charge in [0.2, 0.25) is 0 Å². The van der Waals surface area contributed by atoms with Crippen molar-refractivity contribution in [2.75, 3.05) is 0 Å². The van der Waals surface area contributed by atoms with Crippen molar-refractivity contribution >= 4 is 0 Å². The summed E-state index contributed by atoms with van der Waals surface area (Å²) in [5.74, 6) is 2.67. The Labute approximate surface area is 64.3 Å². The van der Waals surface area contributed by atoms with E-state index in [4.69, 9.17) is 0 Å². The monoisotopic (exact) mass is 138 g/mol. The van der Waals surface area contributed by atoms with Crippen molar-refractivity contribution in [1.82, 2.24) is 0 Å². The van der Waals surface area contributed by atoms with Gasteiger partial charge in [-0.25, -0.2) is 0 Å². The van der Waals surface area contributed by atoms with Gasteiger partial charge < -0.3 is 0 Å². The molecule has 1 saturated carbocycles. The van der Waals surface area contributed by atoms with E-state index in [1.54, 1.807) is 0 Å². The van der Waals surface area contributed by atoms with Crippen LogP contribution in [0.1, 0.15) is 33.1 Å². The molecular weight excluding hydrogens is 120 g/mol. The SMILES string of the molecule is C=CC1CCC(C)[C@@H](C)C1. The lowest BCUT2D eigenvalue weighted by Gasteiger charge is -2.30. The molecule has 0 bridgehead atoms. The van der Waals surface area contributed by atoms with Gasteiger partial charge in [-0.2, -0.15) is 0 Å². The minimum Gasteiger partial charge on any atom is -0.103 e. The number of rotatable bonds is 1. The van der Waals surface area contributed by atoms with Gasteiger partial charge in [-0.1, -0.05) is 19.9 Å². The second kappa shape index (κ2) is 3.23. The van der Waals surface area contributed by atoms with Gasteiger partial charge in [0.05, 0.1) is 0 Å². The predicted octanol–water partition coefficient (Wildman–Crippen LogP) is 3.24. The van der Waals surface area contributed by atoms with Gasteiger partial charge in [0.15, 0.2) is 0 Å². The summed E-state index contributed by atoms with van der Waals surface area (Å²) in [5.41, 5.74) is 0. The van der Waals surface area contributed by atoms with Gasteiger partial charge in [0.1, 0.15) is 0 Å². The quantitative estimate of drug-likeness (QED) is 0.488. The third kappa shape index (κ3) is 1.62. The first-order valence-electron chi connectivity index (χ1n) is 4.36. The first kappa shape index (κ1) is 7.84. The van der Waals surface area contributed by atoms with Crippen LogP contribution in [0.3, 0.4) is 0 Å². The van der Waals surface area contributed by atoms with Gasteiger partial charge in [-0.05, 0) is 37.0 Å². The fraction of sp³-hybridized carbons (Fsp3) is 0.800. The first-order valence-corrected chi connectivity index (χ1v) is 4.36. The second-order valence-corrected chi connectivity index (χ2v) is 3.76. The van der Waals surface area contributed by atoms with Gasteiger partial charge in [-0.3, -0.25) is 0 Å². The Hall–Kier alpha value is -0.260. The van der Waals surface area contributed by atoms with E-state index in [-0.39, 0.29) is 0 Å². The molecule has 0 aromatic rings. The highest BCUT2D eigenvalue weighted by molar-refractivity contribution is 4.85. The number of allylic oxidation sites excluding steroid dienone is 1. The molecule has 1 rings (SSSR count). The lowest BCUT2D eigenvalue weighted by atomic mass is 9.76.